The summed E-state index contributed by atoms with van der Waals surface area (Å²) in [4.78, 5) is 26.2. The molecular formula is C23H33N3O5. The van der Waals surface area contributed by atoms with Crippen molar-refractivity contribution in [2.45, 2.75) is 75.2 Å². The van der Waals surface area contributed by atoms with E-state index in [4.69, 9.17) is 9.47 Å². The average molecular weight is 432 g/mol. The second kappa shape index (κ2) is 9.44. The van der Waals surface area contributed by atoms with E-state index in [0.717, 1.165) is 37.0 Å². The first-order valence-electron chi connectivity index (χ1n) is 11.3. The lowest BCUT2D eigenvalue weighted by Gasteiger charge is -2.37. The zero-order chi connectivity index (χ0) is 22.0. The maximum absolute atomic E-state index is 12.5. The third-order valence-electron chi connectivity index (χ3n) is 6.60. The number of anilines is 1. The van der Waals surface area contributed by atoms with Gasteiger partial charge in [-0.2, -0.15) is 0 Å². The molecule has 3 N–H and O–H groups in total. The number of benzene rings is 1. The Morgan fingerprint density at radius 1 is 1.19 bits per heavy atom. The van der Waals surface area contributed by atoms with Crippen molar-refractivity contribution in [1.82, 2.24) is 10.2 Å². The molecule has 0 bridgehead atoms. The van der Waals surface area contributed by atoms with Gasteiger partial charge in [0.15, 0.2) is 0 Å². The van der Waals surface area contributed by atoms with Gasteiger partial charge in [0.25, 0.3) is 0 Å². The lowest BCUT2D eigenvalue weighted by atomic mass is 9.84. The topological polar surface area (TPSA) is 100 Å². The lowest BCUT2D eigenvalue weighted by molar-refractivity contribution is -0.147. The number of amides is 3. The number of aliphatic hydroxyl groups excluding tert-OH is 1. The third-order valence-corrected chi connectivity index (χ3v) is 6.60. The molecule has 8 heteroatoms. The Labute approximate surface area is 183 Å². The number of fused-ring (bicyclic) bond motifs is 3. The molecule has 170 valence electrons. The highest BCUT2D eigenvalue weighted by molar-refractivity contribution is 5.89. The van der Waals surface area contributed by atoms with E-state index in [0.29, 0.717) is 12.1 Å². The van der Waals surface area contributed by atoms with E-state index in [2.05, 4.69) is 10.6 Å². The van der Waals surface area contributed by atoms with Crippen LogP contribution in [0, 0.1) is 0 Å². The van der Waals surface area contributed by atoms with Gasteiger partial charge in [-0.3, -0.25) is 4.79 Å². The van der Waals surface area contributed by atoms with Crippen LogP contribution in [0.15, 0.2) is 18.2 Å². The van der Waals surface area contributed by atoms with Gasteiger partial charge >= 0.3 is 6.03 Å². The zero-order valence-electron chi connectivity index (χ0n) is 18.3. The normalized spacial score (nSPS) is 27.6. The van der Waals surface area contributed by atoms with Gasteiger partial charge in [-0.05, 0) is 37.5 Å². The molecule has 1 aromatic rings. The van der Waals surface area contributed by atoms with Crippen LogP contribution in [0.25, 0.3) is 0 Å². The maximum atomic E-state index is 12.5. The molecule has 31 heavy (non-hydrogen) atoms. The molecule has 8 nitrogen and oxygen atoms in total. The fraction of sp³-hybridized carbons (Fsp3) is 0.652. The molecule has 0 radical (unpaired) electrons. The van der Waals surface area contributed by atoms with Gasteiger partial charge in [0.05, 0.1) is 19.1 Å². The molecule has 3 aliphatic rings. The van der Waals surface area contributed by atoms with Crippen LogP contribution in [0.5, 0.6) is 5.75 Å². The lowest BCUT2D eigenvalue weighted by Crippen LogP contribution is -2.47. The number of hydrogen-bond acceptors (Lipinski definition) is 5. The number of rotatable bonds is 5. The van der Waals surface area contributed by atoms with Crippen molar-refractivity contribution in [2.75, 3.05) is 26.0 Å². The first-order valence-corrected chi connectivity index (χ1v) is 11.3. The van der Waals surface area contributed by atoms with Crippen LogP contribution in [0.2, 0.25) is 0 Å². The summed E-state index contributed by atoms with van der Waals surface area (Å²) in [5, 5.41) is 15.9. The Hall–Kier alpha value is -2.32. The number of aliphatic hydroxyl groups is 1. The molecule has 1 aromatic carbocycles. The minimum absolute atomic E-state index is 0.00372. The summed E-state index contributed by atoms with van der Waals surface area (Å²) in [6.45, 7) is -0.170. The van der Waals surface area contributed by atoms with Gasteiger partial charge in [-0.1, -0.05) is 19.3 Å². The highest BCUT2D eigenvalue weighted by Gasteiger charge is 2.46. The molecule has 1 aliphatic carbocycles. The molecule has 0 spiro atoms. The second-order valence-corrected chi connectivity index (χ2v) is 9.08. The first-order chi connectivity index (χ1) is 14.9. The summed E-state index contributed by atoms with van der Waals surface area (Å²) in [6.07, 6.45) is 5.46. The SMILES string of the molecule is CN(C)C(=O)C[C@H]1C[C@@H]2c3cc(NC(=O)NC4CCCCC4)ccc3O[C@@H]2[C@H](CO)O1. The van der Waals surface area contributed by atoms with E-state index in [1.165, 1.54) is 6.42 Å². The third kappa shape index (κ3) is 4.96. The standard InChI is InChI=1S/C23H33N3O5/c1-26(2)21(28)12-16-11-18-17-10-15(25-23(29)24-14-6-4-3-5-7-14)8-9-19(17)31-22(18)20(13-27)30-16/h8-10,14,16,18,20,22,27H,3-7,11-13H2,1-2H3,(H2,24,25,29)/t16-,18-,20+,22+/m1/s1. The Kier molecular flexibility index (Phi) is 6.67. The van der Waals surface area contributed by atoms with Crippen molar-refractivity contribution in [2.24, 2.45) is 0 Å². The molecule has 0 unspecified atom stereocenters. The summed E-state index contributed by atoms with van der Waals surface area (Å²) in [5.74, 6) is 0.743. The van der Waals surface area contributed by atoms with Gasteiger partial charge in [0.2, 0.25) is 5.91 Å². The van der Waals surface area contributed by atoms with Crippen molar-refractivity contribution >= 4 is 17.6 Å². The minimum atomic E-state index is -0.489. The molecule has 1 saturated heterocycles. The predicted octanol–water partition coefficient (Wildman–Crippen LogP) is 2.61. The minimum Gasteiger partial charge on any atom is -0.487 e. The average Bonchev–Trinajstić information content (AvgIpc) is 3.11. The van der Waals surface area contributed by atoms with Crippen LogP contribution >= 0.6 is 0 Å². The summed E-state index contributed by atoms with van der Waals surface area (Å²) >= 11 is 0. The molecule has 1 saturated carbocycles. The molecular weight excluding hydrogens is 398 g/mol. The summed E-state index contributed by atoms with van der Waals surface area (Å²) in [5.41, 5.74) is 1.70. The molecule has 2 aliphatic heterocycles. The number of ether oxygens (including phenoxy) is 2. The Morgan fingerprint density at radius 3 is 2.68 bits per heavy atom. The highest BCUT2D eigenvalue weighted by Crippen LogP contribution is 2.47. The Morgan fingerprint density at radius 2 is 1.97 bits per heavy atom. The van der Waals surface area contributed by atoms with Crippen LogP contribution < -0.4 is 15.4 Å². The van der Waals surface area contributed by atoms with Crippen molar-refractivity contribution in [1.29, 1.82) is 0 Å². The smallest absolute Gasteiger partial charge is 0.319 e. The van der Waals surface area contributed by atoms with E-state index in [-0.39, 0.29) is 49.1 Å². The van der Waals surface area contributed by atoms with E-state index in [1.807, 2.05) is 18.2 Å². The maximum Gasteiger partial charge on any atom is 0.319 e. The van der Waals surface area contributed by atoms with E-state index >= 15 is 0 Å². The number of carbonyl (C=O) groups excluding carboxylic acids is 2. The predicted molar refractivity (Wildman–Crippen MR) is 116 cm³/mol. The molecule has 0 aromatic heterocycles. The van der Waals surface area contributed by atoms with Crippen LogP contribution in [-0.4, -0.2) is 67.0 Å². The molecule has 3 amide bonds. The van der Waals surface area contributed by atoms with Gasteiger partial charge in [-0.25, -0.2) is 4.79 Å². The number of hydrogen-bond donors (Lipinski definition) is 3. The monoisotopic (exact) mass is 431 g/mol. The summed E-state index contributed by atoms with van der Waals surface area (Å²) < 4.78 is 12.1. The van der Waals surface area contributed by atoms with Crippen molar-refractivity contribution in [3.63, 3.8) is 0 Å². The van der Waals surface area contributed by atoms with Gasteiger partial charge in [0, 0.05) is 37.3 Å². The van der Waals surface area contributed by atoms with Crippen molar-refractivity contribution in [3.8, 4) is 5.75 Å². The van der Waals surface area contributed by atoms with Crippen LogP contribution in [0.4, 0.5) is 10.5 Å². The van der Waals surface area contributed by atoms with Crippen molar-refractivity contribution in [3.05, 3.63) is 23.8 Å². The quantitative estimate of drug-likeness (QED) is 0.666. The number of urea groups is 1. The van der Waals surface area contributed by atoms with E-state index in [9.17, 15) is 14.7 Å². The number of nitrogens with one attached hydrogen (secondary N) is 2. The fourth-order valence-electron chi connectivity index (χ4n) is 4.94. The van der Waals surface area contributed by atoms with Crippen LogP contribution in [-0.2, 0) is 9.53 Å². The Balaban J connectivity index is 1.45. The summed E-state index contributed by atoms with van der Waals surface area (Å²) in [7, 11) is 3.45. The number of nitrogens with zero attached hydrogens (tertiary/aromatic N) is 1. The van der Waals surface area contributed by atoms with Gasteiger partial charge < -0.3 is 30.1 Å². The summed E-state index contributed by atoms with van der Waals surface area (Å²) in [6, 6.07) is 5.70. The van der Waals surface area contributed by atoms with Crippen molar-refractivity contribution < 1.29 is 24.2 Å². The molecule has 2 fully saturated rings. The molecule has 2 heterocycles. The largest absolute Gasteiger partial charge is 0.487 e. The molecule has 4 atom stereocenters. The Bertz CT molecular complexity index is 808. The number of carbonyl (C=O) groups is 2. The fourth-order valence-corrected chi connectivity index (χ4v) is 4.94. The van der Waals surface area contributed by atoms with Crippen LogP contribution in [0.1, 0.15) is 56.4 Å². The second-order valence-electron chi connectivity index (χ2n) is 9.08. The highest BCUT2D eigenvalue weighted by atomic mass is 16.6. The molecule has 4 rings (SSSR count). The van der Waals surface area contributed by atoms with Gasteiger partial charge in [-0.15, -0.1) is 0 Å². The zero-order valence-corrected chi connectivity index (χ0v) is 18.3. The van der Waals surface area contributed by atoms with Gasteiger partial charge in [0.1, 0.15) is 18.0 Å². The van der Waals surface area contributed by atoms with Crippen LogP contribution in [0.3, 0.4) is 0 Å². The van der Waals surface area contributed by atoms with E-state index < -0.39 is 6.10 Å². The first kappa shape index (κ1) is 21.9. The van der Waals surface area contributed by atoms with E-state index in [1.54, 1.807) is 19.0 Å².